The second kappa shape index (κ2) is 4.56. The van der Waals surface area contributed by atoms with Gasteiger partial charge < -0.3 is 14.4 Å². The van der Waals surface area contributed by atoms with Gasteiger partial charge in [-0.25, -0.2) is 0 Å². The minimum atomic E-state index is -2.51. The van der Waals surface area contributed by atoms with E-state index in [0.717, 1.165) is 18.9 Å². The molecular weight excluding hydrogens is 200 g/mol. The van der Waals surface area contributed by atoms with E-state index in [2.05, 4.69) is 9.96 Å². The Morgan fingerprint density at radius 3 is 2.07 bits per heavy atom. The summed E-state index contributed by atoms with van der Waals surface area (Å²) in [7, 11) is -2.51. The summed E-state index contributed by atoms with van der Waals surface area (Å²) in [5, 5.41) is 0. The first-order valence-corrected chi connectivity index (χ1v) is 6.87. The van der Waals surface area contributed by atoms with Crippen molar-refractivity contribution in [2.45, 2.75) is 32.7 Å². The lowest BCUT2D eigenvalue weighted by atomic mass is 10.4. The molecule has 2 N–H and O–H groups in total. The summed E-state index contributed by atoms with van der Waals surface area (Å²) >= 11 is 0. The van der Waals surface area contributed by atoms with Gasteiger partial charge in [-0.1, -0.05) is 0 Å². The monoisotopic (exact) mass is 216 g/mol. The van der Waals surface area contributed by atoms with Gasteiger partial charge in [0, 0.05) is 26.5 Å². The summed E-state index contributed by atoms with van der Waals surface area (Å²) in [6.45, 7) is 3.50. The third kappa shape index (κ3) is 3.11. The van der Waals surface area contributed by atoms with Gasteiger partial charge in [-0.05, 0) is 12.8 Å². The van der Waals surface area contributed by atoms with Crippen molar-refractivity contribution in [2.75, 3.05) is 6.61 Å². The number of carbonyl (C=O) groups excluding carboxylic acids is 2. The van der Waals surface area contributed by atoms with Crippen molar-refractivity contribution in [1.82, 2.24) is 9.96 Å². The molecule has 0 aromatic rings. The Hall–Kier alpha value is -0.883. The van der Waals surface area contributed by atoms with Gasteiger partial charge in [-0.15, -0.1) is 0 Å². The van der Waals surface area contributed by atoms with E-state index < -0.39 is 8.64 Å². The minimum absolute atomic E-state index is 0.146. The Morgan fingerprint density at radius 1 is 1.14 bits per heavy atom. The number of hydrogen-bond donors (Lipinski definition) is 2. The Balaban J connectivity index is 2.66. The van der Waals surface area contributed by atoms with Crippen molar-refractivity contribution in [3.8, 4) is 0 Å². The van der Waals surface area contributed by atoms with Crippen molar-refractivity contribution in [2.24, 2.45) is 0 Å². The van der Waals surface area contributed by atoms with Crippen molar-refractivity contribution >= 4 is 20.5 Å². The molecule has 2 amide bonds. The number of amides is 2. The van der Waals surface area contributed by atoms with Gasteiger partial charge in [0.05, 0.1) is 0 Å². The summed E-state index contributed by atoms with van der Waals surface area (Å²) < 4.78 is 5.56. The summed E-state index contributed by atoms with van der Waals surface area (Å²) in [5.74, 6) is -0.292. The summed E-state index contributed by atoms with van der Waals surface area (Å²) in [5.41, 5.74) is 0. The zero-order chi connectivity index (χ0) is 10.6. The lowest BCUT2D eigenvalue weighted by Crippen LogP contribution is -2.68. The van der Waals surface area contributed by atoms with Gasteiger partial charge in [0.2, 0.25) is 11.8 Å². The zero-order valence-electron chi connectivity index (χ0n) is 8.55. The molecule has 6 heteroatoms. The van der Waals surface area contributed by atoms with Crippen LogP contribution in [0.1, 0.15) is 26.7 Å². The van der Waals surface area contributed by atoms with Crippen LogP contribution in [0.4, 0.5) is 0 Å². The van der Waals surface area contributed by atoms with Crippen molar-refractivity contribution < 1.29 is 14.0 Å². The van der Waals surface area contributed by atoms with Crippen molar-refractivity contribution in [1.29, 1.82) is 0 Å². The van der Waals surface area contributed by atoms with Crippen LogP contribution in [0.15, 0.2) is 0 Å². The maximum absolute atomic E-state index is 11.0. The predicted molar refractivity (Wildman–Crippen MR) is 53.4 cm³/mol. The Labute approximate surface area is 84.5 Å². The number of hydrogen-bond acceptors (Lipinski definition) is 3. The summed E-state index contributed by atoms with van der Waals surface area (Å²) in [4.78, 5) is 27.5. The van der Waals surface area contributed by atoms with Gasteiger partial charge >= 0.3 is 8.64 Å². The quantitative estimate of drug-likeness (QED) is 0.639. The van der Waals surface area contributed by atoms with E-state index in [1.807, 2.05) is 0 Å². The van der Waals surface area contributed by atoms with Crippen molar-refractivity contribution in [3.63, 3.8) is 0 Å². The summed E-state index contributed by atoms with van der Waals surface area (Å²) in [6.07, 6.45) is 1.99. The zero-order valence-corrected chi connectivity index (χ0v) is 9.55. The Kier molecular flexibility index (Phi) is 3.65. The van der Waals surface area contributed by atoms with Gasteiger partial charge in [0.25, 0.3) is 0 Å². The van der Waals surface area contributed by atoms with E-state index in [-0.39, 0.29) is 11.8 Å². The normalized spacial score (nSPS) is 19.9. The maximum Gasteiger partial charge on any atom is 0.418 e. The molecular formula is C8H16N2O3Si. The molecule has 0 aromatic heterocycles. The maximum atomic E-state index is 11.0. The van der Waals surface area contributed by atoms with Crippen LogP contribution in [0.2, 0.25) is 6.04 Å². The van der Waals surface area contributed by atoms with Gasteiger partial charge in [0.1, 0.15) is 0 Å². The first kappa shape index (κ1) is 11.2. The fraction of sp³-hybridized carbons (Fsp3) is 0.750. The van der Waals surface area contributed by atoms with Crippen LogP contribution < -0.4 is 9.96 Å². The molecule has 0 saturated carbocycles. The highest BCUT2D eigenvalue weighted by Crippen LogP contribution is 2.16. The van der Waals surface area contributed by atoms with E-state index in [1.165, 1.54) is 13.8 Å². The smallest absolute Gasteiger partial charge is 0.383 e. The van der Waals surface area contributed by atoms with E-state index in [4.69, 9.17) is 4.43 Å². The molecule has 0 bridgehead atoms. The average molecular weight is 216 g/mol. The second-order valence-corrected chi connectivity index (χ2v) is 6.44. The predicted octanol–water partition coefficient (Wildman–Crippen LogP) is 0.00790. The molecule has 80 valence electrons. The lowest BCUT2D eigenvalue weighted by molar-refractivity contribution is -0.118. The number of nitrogens with one attached hydrogen (secondary N) is 2. The molecule has 0 atom stereocenters. The van der Waals surface area contributed by atoms with E-state index in [0.29, 0.717) is 6.61 Å². The molecule has 1 rings (SSSR count). The van der Waals surface area contributed by atoms with Crippen LogP contribution in [-0.4, -0.2) is 27.1 Å². The summed E-state index contributed by atoms with van der Waals surface area (Å²) in [6, 6.07) is 0.756. The van der Waals surface area contributed by atoms with Gasteiger partial charge in [-0.2, -0.15) is 0 Å². The van der Waals surface area contributed by atoms with Crippen LogP contribution in [0, 0.1) is 0 Å². The minimum Gasteiger partial charge on any atom is -0.383 e. The SMILES string of the molecule is CC(=O)N[Si]1(NC(C)=O)CCCCO1. The van der Waals surface area contributed by atoms with Gasteiger partial charge in [-0.3, -0.25) is 9.59 Å². The van der Waals surface area contributed by atoms with Crippen LogP contribution >= 0.6 is 0 Å². The molecule has 1 aliphatic rings. The topological polar surface area (TPSA) is 67.4 Å². The van der Waals surface area contributed by atoms with Crippen LogP contribution in [0.25, 0.3) is 0 Å². The standard InChI is InChI=1S/C8H16N2O3Si/c1-7(11)9-14(10-8(2)12)6-4-3-5-13-14/h3-6H2,1-2H3,(H,9,11)(H,10,12). The van der Waals surface area contributed by atoms with Crippen LogP contribution in [-0.2, 0) is 14.0 Å². The molecule has 1 heterocycles. The van der Waals surface area contributed by atoms with E-state index in [9.17, 15) is 9.59 Å². The molecule has 1 fully saturated rings. The molecule has 0 radical (unpaired) electrons. The Morgan fingerprint density at radius 2 is 1.71 bits per heavy atom. The number of rotatable bonds is 2. The first-order valence-electron chi connectivity index (χ1n) is 4.75. The molecule has 1 aliphatic heterocycles. The van der Waals surface area contributed by atoms with E-state index >= 15 is 0 Å². The highest BCUT2D eigenvalue weighted by Gasteiger charge is 2.40. The molecule has 14 heavy (non-hydrogen) atoms. The van der Waals surface area contributed by atoms with E-state index in [1.54, 1.807) is 0 Å². The Bertz CT molecular complexity index is 221. The van der Waals surface area contributed by atoms with Crippen molar-refractivity contribution in [3.05, 3.63) is 0 Å². The molecule has 1 saturated heterocycles. The van der Waals surface area contributed by atoms with Crippen LogP contribution in [0.5, 0.6) is 0 Å². The van der Waals surface area contributed by atoms with Crippen LogP contribution in [0.3, 0.4) is 0 Å². The average Bonchev–Trinajstić information content (AvgIpc) is 2.01. The first-order chi connectivity index (χ1) is 6.54. The lowest BCUT2D eigenvalue weighted by Gasteiger charge is -2.33. The second-order valence-electron chi connectivity index (χ2n) is 3.49. The third-order valence-corrected chi connectivity index (χ3v) is 5.29. The van der Waals surface area contributed by atoms with Gasteiger partial charge in [0.15, 0.2) is 0 Å². The third-order valence-electron chi connectivity index (χ3n) is 2.03. The fourth-order valence-corrected chi connectivity index (χ4v) is 4.57. The largest absolute Gasteiger partial charge is 0.418 e. The highest BCUT2D eigenvalue weighted by atomic mass is 28.4. The molecule has 0 aromatic carbocycles. The molecule has 0 aliphatic carbocycles. The molecule has 0 unspecified atom stereocenters. The fourth-order valence-electron chi connectivity index (χ4n) is 1.59. The molecule has 0 spiro atoms. The molecule has 5 nitrogen and oxygen atoms in total. The number of carbonyl (C=O) groups is 2. The highest BCUT2D eigenvalue weighted by molar-refractivity contribution is 6.73.